The van der Waals surface area contributed by atoms with Gasteiger partial charge in [0.25, 0.3) is 5.69 Å². The molecule has 1 aromatic rings. The van der Waals surface area contributed by atoms with Gasteiger partial charge in [0.15, 0.2) is 0 Å². The maximum Gasteiger partial charge on any atom is 0.269 e. The SMILES string of the molecule is CCCCCCCCN=Cc1ccc([N+](=O)[O-])cc1. The van der Waals surface area contributed by atoms with E-state index in [2.05, 4.69) is 11.9 Å². The number of nitro groups is 1. The lowest BCUT2D eigenvalue weighted by atomic mass is 10.1. The van der Waals surface area contributed by atoms with Gasteiger partial charge in [0.2, 0.25) is 0 Å². The van der Waals surface area contributed by atoms with Crippen LogP contribution in [-0.4, -0.2) is 17.7 Å². The van der Waals surface area contributed by atoms with Crippen molar-refractivity contribution in [3.63, 3.8) is 0 Å². The highest BCUT2D eigenvalue weighted by atomic mass is 16.6. The molecule has 1 aromatic carbocycles. The fourth-order valence-corrected chi connectivity index (χ4v) is 1.84. The number of aliphatic imine (C=N–C) groups is 1. The van der Waals surface area contributed by atoms with Crippen molar-refractivity contribution in [3.05, 3.63) is 39.9 Å². The lowest BCUT2D eigenvalue weighted by Crippen LogP contribution is -1.89. The van der Waals surface area contributed by atoms with Gasteiger partial charge < -0.3 is 0 Å². The van der Waals surface area contributed by atoms with E-state index in [0.717, 1.165) is 18.5 Å². The monoisotopic (exact) mass is 262 g/mol. The van der Waals surface area contributed by atoms with Crippen molar-refractivity contribution in [2.45, 2.75) is 45.4 Å². The number of hydrogen-bond acceptors (Lipinski definition) is 3. The van der Waals surface area contributed by atoms with E-state index in [9.17, 15) is 10.1 Å². The van der Waals surface area contributed by atoms with Crippen LogP contribution in [0.15, 0.2) is 29.3 Å². The smallest absolute Gasteiger partial charge is 0.269 e. The number of benzene rings is 1. The number of hydrogen-bond donors (Lipinski definition) is 0. The molecule has 0 saturated carbocycles. The Bertz CT molecular complexity index is 399. The molecule has 0 radical (unpaired) electrons. The molecule has 4 nitrogen and oxygen atoms in total. The molecule has 0 aliphatic carbocycles. The summed E-state index contributed by atoms with van der Waals surface area (Å²) in [4.78, 5) is 14.4. The topological polar surface area (TPSA) is 55.5 Å². The van der Waals surface area contributed by atoms with E-state index in [-0.39, 0.29) is 5.69 Å². The molecule has 104 valence electrons. The third-order valence-electron chi connectivity index (χ3n) is 2.99. The predicted molar refractivity (Wildman–Crippen MR) is 78.9 cm³/mol. The van der Waals surface area contributed by atoms with Gasteiger partial charge in [-0.05, 0) is 24.1 Å². The molecule has 19 heavy (non-hydrogen) atoms. The number of nitrogens with zero attached hydrogens (tertiary/aromatic N) is 2. The molecular formula is C15H22N2O2. The van der Waals surface area contributed by atoms with Gasteiger partial charge in [-0.15, -0.1) is 0 Å². The normalized spacial score (nSPS) is 11.0. The molecule has 0 saturated heterocycles. The molecule has 4 heteroatoms. The second-order valence-electron chi connectivity index (χ2n) is 4.65. The van der Waals surface area contributed by atoms with Crippen LogP contribution in [0, 0.1) is 10.1 Å². The van der Waals surface area contributed by atoms with Crippen LogP contribution < -0.4 is 0 Å². The summed E-state index contributed by atoms with van der Waals surface area (Å²) in [5.41, 5.74) is 1.03. The Morgan fingerprint density at radius 1 is 1.11 bits per heavy atom. The molecule has 0 fully saturated rings. The summed E-state index contributed by atoms with van der Waals surface area (Å²) in [6, 6.07) is 6.46. The van der Waals surface area contributed by atoms with E-state index >= 15 is 0 Å². The van der Waals surface area contributed by atoms with Crippen molar-refractivity contribution < 1.29 is 4.92 Å². The Morgan fingerprint density at radius 3 is 2.37 bits per heavy atom. The number of unbranched alkanes of at least 4 members (excludes halogenated alkanes) is 5. The number of non-ortho nitro benzene ring substituents is 1. The molecule has 0 spiro atoms. The van der Waals surface area contributed by atoms with E-state index < -0.39 is 4.92 Å². The molecule has 0 amide bonds. The van der Waals surface area contributed by atoms with Crippen LogP contribution in [0.2, 0.25) is 0 Å². The average molecular weight is 262 g/mol. The molecule has 0 heterocycles. The number of rotatable bonds is 9. The first kappa shape index (κ1) is 15.3. The van der Waals surface area contributed by atoms with Crippen LogP contribution in [0.5, 0.6) is 0 Å². The molecule has 0 N–H and O–H groups in total. The average Bonchev–Trinajstić information content (AvgIpc) is 2.42. The quantitative estimate of drug-likeness (QED) is 0.287. The summed E-state index contributed by atoms with van der Waals surface area (Å²) >= 11 is 0. The second-order valence-corrected chi connectivity index (χ2v) is 4.65. The van der Waals surface area contributed by atoms with Gasteiger partial charge in [0, 0.05) is 24.9 Å². The highest BCUT2D eigenvalue weighted by molar-refractivity contribution is 5.79. The van der Waals surface area contributed by atoms with Gasteiger partial charge in [0.1, 0.15) is 0 Å². The summed E-state index contributed by atoms with van der Waals surface area (Å²) in [7, 11) is 0. The van der Waals surface area contributed by atoms with Gasteiger partial charge >= 0.3 is 0 Å². The third-order valence-corrected chi connectivity index (χ3v) is 2.99. The zero-order valence-electron chi connectivity index (χ0n) is 11.5. The standard InChI is InChI=1S/C15H22N2O2/c1-2-3-4-5-6-7-12-16-13-14-8-10-15(11-9-14)17(18)19/h8-11,13H,2-7,12H2,1H3. The van der Waals surface area contributed by atoms with Crippen LogP contribution in [0.25, 0.3) is 0 Å². The second kappa shape index (κ2) is 9.25. The van der Waals surface area contributed by atoms with Crippen LogP contribution in [0.1, 0.15) is 51.0 Å². The summed E-state index contributed by atoms with van der Waals surface area (Å²) in [5.74, 6) is 0. The van der Waals surface area contributed by atoms with Crippen molar-refractivity contribution >= 4 is 11.9 Å². The Labute approximate surface area is 114 Å². The minimum atomic E-state index is -0.392. The van der Waals surface area contributed by atoms with E-state index in [1.165, 1.54) is 44.2 Å². The summed E-state index contributed by atoms with van der Waals surface area (Å²) in [6.45, 7) is 3.05. The Morgan fingerprint density at radius 2 is 1.74 bits per heavy atom. The van der Waals surface area contributed by atoms with Crippen molar-refractivity contribution in [2.75, 3.05) is 6.54 Å². The van der Waals surface area contributed by atoms with Crippen LogP contribution in [0.3, 0.4) is 0 Å². The highest BCUT2D eigenvalue weighted by Crippen LogP contribution is 2.10. The molecule has 0 aliphatic rings. The first-order chi connectivity index (χ1) is 9.24. The predicted octanol–water partition coefficient (Wildman–Crippen LogP) is 4.37. The fourth-order valence-electron chi connectivity index (χ4n) is 1.84. The zero-order chi connectivity index (χ0) is 13.9. The summed E-state index contributed by atoms with van der Waals surface area (Å²) < 4.78 is 0. The van der Waals surface area contributed by atoms with Crippen molar-refractivity contribution in [3.8, 4) is 0 Å². The van der Waals surface area contributed by atoms with Gasteiger partial charge in [-0.2, -0.15) is 0 Å². The minimum Gasteiger partial charge on any atom is -0.293 e. The maximum atomic E-state index is 10.5. The molecule has 1 rings (SSSR count). The molecule has 0 unspecified atom stereocenters. The molecule has 0 aliphatic heterocycles. The molecule has 0 aromatic heterocycles. The first-order valence-electron chi connectivity index (χ1n) is 6.98. The van der Waals surface area contributed by atoms with Crippen molar-refractivity contribution in [1.29, 1.82) is 0 Å². The first-order valence-corrected chi connectivity index (χ1v) is 6.98. The van der Waals surface area contributed by atoms with Gasteiger partial charge in [0.05, 0.1) is 4.92 Å². The minimum absolute atomic E-state index is 0.119. The lowest BCUT2D eigenvalue weighted by molar-refractivity contribution is -0.384. The van der Waals surface area contributed by atoms with Crippen LogP contribution in [-0.2, 0) is 0 Å². The van der Waals surface area contributed by atoms with Crippen LogP contribution in [0.4, 0.5) is 5.69 Å². The van der Waals surface area contributed by atoms with Crippen molar-refractivity contribution in [2.24, 2.45) is 4.99 Å². The van der Waals surface area contributed by atoms with Crippen LogP contribution >= 0.6 is 0 Å². The number of nitro benzene ring substituents is 1. The van der Waals surface area contributed by atoms with Gasteiger partial charge in [-0.25, -0.2) is 0 Å². The maximum absolute atomic E-state index is 10.5. The largest absolute Gasteiger partial charge is 0.293 e. The summed E-state index contributed by atoms with van der Waals surface area (Å²) in [5, 5.41) is 10.5. The van der Waals surface area contributed by atoms with Crippen molar-refractivity contribution in [1.82, 2.24) is 0 Å². The third kappa shape index (κ3) is 6.70. The zero-order valence-corrected chi connectivity index (χ0v) is 11.5. The summed E-state index contributed by atoms with van der Waals surface area (Å²) in [6.07, 6.45) is 9.36. The molecule has 0 atom stereocenters. The van der Waals surface area contributed by atoms with E-state index in [0.29, 0.717) is 0 Å². The van der Waals surface area contributed by atoms with E-state index in [1.54, 1.807) is 18.3 Å². The molecular weight excluding hydrogens is 240 g/mol. The molecule has 0 bridgehead atoms. The highest BCUT2D eigenvalue weighted by Gasteiger charge is 2.02. The van der Waals surface area contributed by atoms with E-state index in [4.69, 9.17) is 0 Å². The Balaban J connectivity index is 2.20. The fraction of sp³-hybridized carbons (Fsp3) is 0.533. The Hall–Kier alpha value is -1.71. The lowest BCUT2D eigenvalue weighted by Gasteiger charge is -1.98. The Kier molecular flexibility index (Phi) is 7.47. The van der Waals surface area contributed by atoms with E-state index in [1.807, 2.05) is 0 Å². The van der Waals surface area contributed by atoms with Gasteiger partial charge in [-0.1, -0.05) is 39.0 Å². The van der Waals surface area contributed by atoms with Gasteiger partial charge in [-0.3, -0.25) is 15.1 Å².